The number of hydrogen-bond donors (Lipinski definition) is 1. The average Bonchev–Trinajstić information content (AvgIpc) is 3.46. The van der Waals surface area contributed by atoms with Gasteiger partial charge in [0, 0.05) is 38.3 Å². The van der Waals surface area contributed by atoms with Crippen LogP contribution in [-0.4, -0.2) is 62.0 Å². The van der Waals surface area contributed by atoms with E-state index in [4.69, 9.17) is 4.74 Å². The molecule has 1 amide bonds. The number of carbonyl (C=O) groups is 1. The summed E-state index contributed by atoms with van der Waals surface area (Å²) in [5.74, 6) is 1.35. The third kappa shape index (κ3) is 3.87. The largest absolute Gasteiger partial charge is 0.480 e. The van der Waals surface area contributed by atoms with Gasteiger partial charge in [-0.2, -0.15) is 5.10 Å². The molecular weight excluding hydrogens is 394 g/mol. The summed E-state index contributed by atoms with van der Waals surface area (Å²) in [7, 11) is 1.58. The molecule has 162 valence electrons. The van der Waals surface area contributed by atoms with E-state index in [1.54, 1.807) is 13.3 Å². The van der Waals surface area contributed by atoms with Crippen LogP contribution in [0.15, 0.2) is 42.7 Å². The maximum absolute atomic E-state index is 13.0. The second-order valence-electron chi connectivity index (χ2n) is 8.58. The Morgan fingerprint density at radius 3 is 2.58 bits per heavy atom. The van der Waals surface area contributed by atoms with Crippen LogP contribution in [0, 0.1) is 11.8 Å². The van der Waals surface area contributed by atoms with Crippen molar-refractivity contribution >= 4 is 16.9 Å². The predicted molar refractivity (Wildman–Crippen MR) is 114 cm³/mol. The first-order chi connectivity index (χ1) is 15.1. The molecule has 3 aromatic rings. The van der Waals surface area contributed by atoms with Crippen molar-refractivity contribution in [2.75, 3.05) is 20.2 Å². The summed E-state index contributed by atoms with van der Waals surface area (Å²) in [6.45, 7) is 1.46. The van der Waals surface area contributed by atoms with Gasteiger partial charge < -0.3 is 14.7 Å². The highest BCUT2D eigenvalue weighted by atomic mass is 16.5. The van der Waals surface area contributed by atoms with Crippen LogP contribution in [0.5, 0.6) is 5.88 Å². The van der Waals surface area contributed by atoms with Crippen molar-refractivity contribution in [2.45, 2.75) is 37.8 Å². The highest BCUT2D eigenvalue weighted by Gasteiger charge is 2.43. The van der Waals surface area contributed by atoms with E-state index < -0.39 is 6.10 Å². The lowest BCUT2D eigenvalue weighted by Crippen LogP contribution is -2.36. The molecule has 1 aromatic carbocycles. The first-order valence-corrected chi connectivity index (χ1v) is 10.9. The molecule has 1 N–H and O–H groups in total. The number of benzene rings is 1. The molecule has 2 aromatic heterocycles. The fraction of sp³-hybridized carbons (Fsp3) is 0.478. The number of para-hydroxylation sites is 2. The van der Waals surface area contributed by atoms with Crippen molar-refractivity contribution in [1.29, 1.82) is 0 Å². The molecule has 0 spiro atoms. The maximum Gasteiger partial charge on any atom is 0.235 e. The lowest BCUT2D eigenvalue weighted by molar-refractivity contribution is -0.130. The van der Waals surface area contributed by atoms with Gasteiger partial charge in [-0.1, -0.05) is 12.1 Å². The second-order valence-corrected chi connectivity index (χ2v) is 8.58. The number of carbonyl (C=O) groups excluding carboxylic acids is 1. The highest BCUT2D eigenvalue weighted by molar-refractivity contribution is 5.77. The lowest BCUT2D eigenvalue weighted by atomic mass is 9.77. The van der Waals surface area contributed by atoms with Gasteiger partial charge in [0.25, 0.3) is 0 Å². The topological polar surface area (TPSA) is 93.4 Å². The third-order valence-corrected chi connectivity index (χ3v) is 6.70. The van der Waals surface area contributed by atoms with Gasteiger partial charge in [0.15, 0.2) is 0 Å². The molecule has 5 rings (SSSR count). The first-order valence-electron chi connectivity index (χ1n) is 10.9. The summed E-state index contributed by atoms with van der Waals surface area (Å²) in [5, 5.41) is 14.9. The molecule has 31 heavy (non-hydrogen) atoms. The predicted octanol–water partition coefficient (Wildman–Crippen LogP) is 2.24. The van der Waals surface area contributed by atoms with Crippen molar-refractivity contribution < 1.29 is 14.6 Å². The van der Waals surface area contributed by atoms with Crippen molar-refractivity contribution in [2.24, 2.45) is 11.8 Å². The molecule has 0 radical (unpaired) electrons. The molecule has 1 saturated heterocycles. The number of aromatic nitrogens is 4. The molecule has 8 heteroatoms. The van der Waals surface area contributed by atoms with Crippen LogP contribution < -0.4 is 4.74 Å². The summed E-state index contributed by atoms with van der Waals surface area (Å²) in [6, 6.07) is 9.53. The molecule has 1 aliphatic carbocycles. The number of fused-ring (bicyclic) bond motifs is 2. The zero-order valence-corrected chi connectivity index (χ0v) is 17.6. The fourth-order valence-electron chi connectivity index (χ4n) is 5.10. The quantitative estimate of drug-likeness (QED) is 0.679. The third-order valence-electron chi connectivity index (χ3n) is 6.70. The molecule has 0 bridgehead atoms. The minimum Gasteiger partial charge on any atom is -0.480 e. The Hall–Kier alpha value is -3.00. The average molecular weight is 422 g/mol. The minimum absolute atomic E-state index is 0.0107. The summed E-state index contributed by atoms with van der Waals surface area (Å²) < 4.78 is 7.27. The molecule has 8 nitrogen and oxygen atoms in total. The summed E-state index contributed by atoms with van der Waals surface area (Å²) in [5.41, 5.74) is 2.29. The molecule has 1 saturated carbocycles. The Kier molecular flexibility index (Phi) is 5.31. The van der Waals surface area contributed by atoms with Crippen LogP contribution in [0.3, 0.4) is 0 Å². The van der Waals surface area contributed by atoms with E-state index in [0.29, 0.717) is 49.2 Å². The molecule has 2 aliphatic rings. The van der Waals surface area contributed by atoms with Gasteiger partial charge in [0.2, 0.25) is 11.8 Å². The van der Waals surface area contributed by atoms with E-state index in [0.717, 1.165) is 24.0 Å². The molecular formula is C23H27N5O3. The Labute approximate surface area is 180 Å². The molecule has 1 aliphatic heterocycles. The number of likely N-dealkylation sites (tertiary alicyclic amines) is 1. The minimum atomic E-state index is -0.423. The van der Waals surface area contributed by atoms with Gasteiger partial charge in [0.05, 0.1) is 30.3 Å². The van der Waals surface area contributed by atoms with Crippen LogP contribution in [0.4, 0.5) is 0 Å². The second kappa shape index (κ2) is 8.26. The van der Waals surface area contributed by atoms with E-state index >= 15 is 0 Å². The van der Waals surface area contributed by atoms with Crippen LogP contribution in [0.25, 0.3) is 11.0 Å². The molecule has 3 heterocycles. The van der Waals surface area contributed by atoms with E-state index in [-0.39, 0.29) is 11.9 Å². The smallest absolute Gasteiger partial charge is 0.235 e. The van der Waals surface area contributed by atoms with Crippen LogP contribution in [0.1, 0.15) is 31.0 Å². The molecule has 0 unspecified atom stereocenters. The van der Waals surface area contributed by atoms with E-state index in [1.807, 2.05) is 46.1 Å². The van der Waals surface area contributed by atoms with Crippen molar-refractivity contribution in [3.05, 3.63) is 48.4 Å². The Balaban J connectivity index is 1.24. The summed E-state index contributed by atoms with van der Waals surface area (Å²) in [6.07, 6.45) is 5.65. The number of hydrogen-bond acceptors (Lipinski definition) is 6. The Morgan fingerprint density at radius 2 is 1.87 bits per heavy atom. The number of amides is 1. The van der Waals surface area contributed by atoms with E-state index in [9.17, 15) is 9.90 Å². The summed E-state index contributed by atoms with van der Waals surface area (Å²) in [4.78, 5) is 24.1. The van der Waals surface area contributed by atoms with Crippen LogP contribution in [0.2, 0.25) is 0 Å². The number of nitrogens with zero attached hydrogens (tertiary/aromatic N) is 5. The Morgan fingerprint density at radius 1 is 1.13 bits per heavy atom. The first kappa shape index (κ1) is 19.9. The monoisotopic (exact) mass is 421 g/mol. The van der Waals surface area contributed by atoms with Gasteiger partial charge in [-0.05, 0) is 42.9 Å². The maximum atomic E-state index is 13.0. The van der Waals surface area contributed by atoms with E-state index in [2.05, 4.69) is 15.1 Å². The van der Waals surface area contributed by atoms with Crippen LogP contribution >= 0.6 is 0 Å². The van der Waals surface area contributed by atoms with E-state index in [1.165, 1.54) is 0 Å². The highest BCUT2D eigenvalue weighted by Crippen LogP contribution is 2.41. The van der Waals surface area contributed by atoms with Crippen molar-refractivity contribution in [3.8, 4) is 5.88 Å². The SMILES string of the molecule is COc1nc2ccccc2nc1CCC(=O)N1C[C@H]2C[C@@H](n3cccn3)[C@H](O)C[C@H]2C1. The lowest BCUT2D eigenvalue weighted by Gasteiger charge is -2.35. The van der Waals surface area contributed by atoms with Crippen molar-refractivity contribution in [3.63, 3.8) is 0 Å². The number of rotatable bonds is 5. The van der Waals surface area contributed by atoms with Gasteiger partial charge in [-0.15, -0.1) is 0 Å². The fourth-order valence-corrected chi connectivity index (χ4v) is 5.10. The number of ether oxygens (including phenoxy) is 1. The van der Waals surface area contributed by atoms with Gasteiger partial charge in [0.1, 0.15) is 5.69 Å². The van der Waals surface area contributed by atoms with Gasteiger partial charge in [-0.3, -0.25) is 9.48 Å². The van der Waals surface area contributed by atoms with Crippen LogP contribution in [-0.2, 0) is 11.2 Å². The Bertz CT molecular complexity index is 1070. The number of aliphatic hydroxyl groups is 1. The van der Waals surface area contributed by atoms with Gasteiger partial charge in [-0.25, -0.2) is 9.97 Å². The zero-order valence-electron chi connectivity index (χ0n) is 17.6. The number of aryl methyl sites for hydroxylation is 1. The number of aliphatic hydroxyl groups excluding tert-OH is 1. The normalized spacial score (nSPS) is 25.5. The molecule has 2 fully saturated rings. The van der Waals surface area contributed by atoms with Crippen molar-refractivity contribution in [1.82, 2.24) is 24.6 Å². The molecule has 4 atom stereocenters. The summed E-state index contributed by atoms with van der Waals surface area (Å²) >= 11 is 0. The zero-order chi connectivity index (χ0) is 21.4. The standard InChI is InChI=1S/C23H27N5O3/c1-31-23-19(25-17-5-2-3-6-18(17)26-23)7-8-22(30)27-13-15-11-20(28-10-4-9-24-28)21(29)12-16(15)14-27/h2-6,9-10,15-16,20-21,29H,7-8,11-14H2,1H3/t15-,16+,20-,21-/m1/s1. The van der Waals surface area contributed by atoms with Gasteiger partial charge >= 0.3 is 0 Å². The number of methoxy groups -OCH3 is 1.